The van der Waals surface area contributed by atoms with Crippen LogP contribution in [0.5, 0.6) is 0 Å². The number of para-hydroxylation sites is 1. The Hall–Kier alpha value is -2.88. The summed E-state index contributed by atoms with van der Waals surface area (Å²) in [6.07, 6.45) is 2.23. The van der Waals surface area contributed by atoms with Gasteiger partial charge in [-0.15, -0.1) is 0 Å². The number of benzene rings is 2. The van der Waals surface area contributed by atoms with Crippen molar-refractivity contribution < 1.29 is 4.79 Å². The lowest BCUT2D eigenvalue weighted by Crippen LogP contribution is -2.30. The highest BCUT2D eigenvalue weighted by molar-refractivity contribution is 5.97. The van der Waals surface area contributed by atoms with Crippen LogP contribution in [-0.2, 0) is 6.42 Å². The number of aryl methyl sites for hydroxylation is 1. The van der Waals surface area contributed by atoms with Gasteiger partial charge in [-0.1, -0.05) is 42.5 Å². The van der Waals surface area contributed by atoms with Gasteiger partial charge in [0.25, 0.3) is 5.91 Å². The number of carbonyl (C=O) groups excluding carboxylic acids is 1. The molecule has 0 atom stereocenters. The fourth-order valence-corrected chi connectivity index (χ4v) is 2.63. The zero-order valence-electron chi connectivity index (χ0n) is 12.9. The first kappa shape index (κ1) is 15.0. The summed E-state index contributed by atoms with van der Waals surface area (Å²) < 4.78 is 0. The number of pyridine rings is 1. The lowest BCUT2D eigenvalue weighted by molar-refractivity contribution is 0.0953. The average molecular weight is 306 g/mol. The van der Waals surface area contributed by atoms with E-state index in [1.165, 1.54) is 6.20 Å². The molecule has 2 N–H and O–H groups in total. The number of carbonyl (C=O) groups is 1. The quantitative estimate of drug-likeness (QED) is 0.778. The second-order valence-electron chi connectivity index (χ2n) is 5.52. The van der Waals surface area contributed by atoms with Crippen molar-refractivity contribution in [2.75, 3.05) is 6.54 Å². The van der Waals surface area contributed by atoms with Gasteiger partial charge in [-0.3, -0.25) is 9.59 Å². The molecular weight excluding hydrogens is 288 g/mol. The smallest absolute Gasteiger partial charge is 0.256 e. The predicted octanol–water partition coefficient (Wildman–Crippen LogP) is 2.81. The maximum absolute atomic E-state index is 12.5. The summed E-state index contributed by atoms with van der Waals surface area (Å²) in [5.74, 6) is -0.342. The third-order valence-corrected chi connectivity index (χ3v) is 3.91. The van der Waals surface area contributed by atoms with Gasteiger partial charge in [0.2, 0.25) is 5.43 Å². The molecule has 0 fully saturated rings. The summed E-state index contributed by atoms with van der Waals surface area (Å²) in [6, 6.07) is 15.4. The van der Waals surface area contributed by atoms with Crippen LogP contribution in [0.3, 0.4) is 0 Å². The molecule has 116 valence electrons. The Kier molecular flexibility index (Phi) is 4.24. The Bertz CT molecular complexity index is 898. The maximum atomic E-state index is 12.5. The molecule has 23 heavy (non-hydrogen) atoms. The molecule has 0 spiro atoms. The number of amides is 1. The van der Waals surface area contributed by atoms with E-state index in [-0.39, 0.29) is 16.9 Å². The summed E-state index contributed by atoms with van der Waals surface area (Å²) in [5.41, 5.74) is 2.82. The van der Waals surface area contributed by atoms with Crippen LogP contribution >= 0.6 is 0 Å². The van der Waals surface area contributed by atoms with Gasteiger partial charge in [-0.25, -0.2) is 0 Å². The number of aromatic nitrogens is 1. The highest BCUT2D eigenvalue weighted by Gasteiger charge is 2.13. The molecule has 2 aromatic carbocycles. The second kappa shape index (κ2) is 6.48. The van der Waals surface area contributed by atoms with E-state index in [0.717, 1.165) is 23.1 Å². The summed E-state index contributed by atoms with van der Waals surface area (Å²) in [5, 5.41) is 3.35. The first-order valence-corrected chi connectivity index (χ1v) is 7.60. The molecule has 1 heterocycles. The van der Waals surface area contributed by atoms with Gasteiger partial charge in [-0.2, -0.15) is 0 Å². The van der Waals surface area contributed by atoms with Gasteiger partial charge in [-0.05, 0) is 30.5 Å². The molecule has 0 radical (unpaired) electrons. The highest BCUT2D eigenvalue weighted by atomic mass is 16.2. The molecule has 3 rings (SSSR count). The van der Waals surface area contributed by atoms with Crippen molar-refractivity contribution in [3.05, 3.63) is 81.6 Å². The first-order chi connectivity index (χ1) is 11.2. The van der Waals surface area contributed by atoms with Gasteiger partial charge in [0, 0.05) is 18.1 Å². The van der Waals surface area contributed by atoms with Gasteiger partial charge >= 0.3 is 0 Å². The lowest BCUT2D eigenvalue weighted by atomic mass is 10.1. The number of hydrogen-bond acceptors (Lipinski definition) is 2. The van der Waals surface area contributed by atoms with Crippen molar-refractivity contribution in [1.82, 2.24) is 10.3 Å². The summed E-state index contributed by atoms with van der Waals surface area (Å²) >= 11 is 0. The average Bonchev–Trinajstić information content (AvgIpc) is 2.57. The molecule has 0 saturated heterocycles. The van der Waals surface area contributed by atoms with Crippen LogP contribution in [0.1, 0.15) is 21.5 Å². The topological polar surface area (TPSA) is 62.0 Å². The Balaban J connectivity index is 1.76. The standard InChI is InChI=1S/C19H18N2O2/c1-13-6-5-9-15-17(13)21-12-16(18(15)22)19(23)20-11-10-14-7-3-2-4-8-14/h2-9,12H,10-11H2,1H3,(H,20,23)(H,21,22). The van der Waals surface area contributed by atoms with Gasteiger partial charge in [0.05, 0.1) is 5.52 Å². The fourth-order valence-electron chi connectivity index (χ4n) is 2.63. The minimum absolute atomic E-state index is 0.149. The number of rotatable bonds is 4. The summed E-state index contributed by atoms with van der Waals surface area (Å²) in [6.45, 7) is 2.42. The summed E-state index contributed by atoms with van der Waals surface area (Å²) in [4.78, 5) is 27.8. The molecule has 1 aromatic heterocycles. The third-order valence-electron chi connectivity index (χ3n) is 3.91. The molecule has 3 aromatic rings. The van der Waals surface area contributed by atoms with E-state index in [0.29, 0.717) is 11.9 Å². The Morgan fingerprint density at radius 1 is 1.09 bits per heavy atom. The van der Waals surface area contributed by atoms with E-state index in [1.54, 1.807) is 6.07 Å². The highest BCUT2D eigenvalue weighted by Crippen LogP contribution is 2.12. The molecule has 0 bridgehead atoms. The van der Waals surface area contributed by atoms with Crippen molar-refractivity contribution in [2.24, 2.45) is 0 Å². The zero-order chi connectivity index (χ0) is 16.2. The number of aromatic amines is 1. The van der Waals surface area contributed by atoms with E-state index in [2.05, 4.69) is 10.3 Å². The lowest BCUT2D eigenvalue weighted by Gasteiger charge is -2.07. The predicted molar refractivity (Wildman–Crippen MR) is 91.8 cm³/mol. The van der Waals surface area contributed by atoms with Crippen LogP contribution in [0.4, 0.5) is 0 Å². The first-order valence-electron chi connectivity index (χ1n) is 7.60. The molecule has 0 aliphatic rings. The van der Waals surface area contributed by atoms with Gasteiger partial charge < -0.3 is 10.3 Å². The Labute approximate surface area is 134 Å². The van der Waals surface area contributed by atoms with Crippen LogP contribution in [0, 0.1) is 6.92 Å². The van der Waals surface area contributed by atoms with Crippen molar-refractivity contribution in [3.63, 3.8) is 0 Å². The van der Waals surface area contributed by atoms with Crippen LogP contribution in [0.15, 0.2) is 59.5 Å². The minimum Gasteiger partial charge on any atom is -0.360 e. The van der Waals surface area contributed by atoms with Crippen LogP contribution in [-0.4, -0.2) is 17.4 Å². The number of nitrogens with one attached hydrogen (secondary N) is 2. The zero-order valence-corrected chi connectivity index (χ0v) is 12.9. The molecule has 1 amide bonds. The summed E-state index contributed by atoms with van der Waals surface area (Å²) in [7, 11) is 0. The Morgan fingerprint density at radius 3 is 2.65 bits per heavy atom. The molecule has 4 nitrogen and oxygen atoms in total. The van der Waals surface area contributed by atoms with Crippen molar-refractivity contribution in [1.29, 1.82) is 0 Å². The van der Waals surface area contributed by atoms with E-state index >= 15 is 0 Å². The Morgan fingerprint density at radius 2 is 1.87 bits per heavy atom. The van der Waals surface area contributed by atoms with Crippen molar-refractivity contribution in [3.8, 4) is 0 Å². The van der Waals surface area contributed by atoms with E-state index < -0.39 is 0 Å². The molecule has 0 saturated carbocycles. The van der Waals surface area contributed by atoms with Crippen molar-refractivity contribution >= 4 is 16.8 Å². The van der Waals surface area contributed by atoms with Gasteiger partial charge in [0.15, 0.2) is 0 Å². The van der Waals surface area contributed by atoms with E-state index in [4.69, 9.17) is 0 Å². The number of fused-ring (bicyclic) bond motifs is 1. The molecule has 4 heteroatoms. The maximum Gasteiger partial charge on any atom is 0.256 e. The normalized spacial score (nSPS) is 10.7. The SMILES string of the molecule is Cc1cccc2c(=O)c(C(=O)NCCc3ccccc3)c[nH]c12. The van der Waals surface area contributed by atoms with Crippen LogP contribution in [0.25, 0.3) is 10.9 Å². The molecular formula is C19H18N2O2. The van der Waals surface area contributed by atoms with Crippen LogP contribution < -0.4 is 10.7 Å². The number of H-pyrrole nitrogens is 1. The largest absolute Gasteiger partial charge is 0.360 e. The van der Waals surface area contributed by atoms with Crippen molar-refractivity contribution in [2.45, 2.75) is 13.3 Å². The fraction of sp³-hybridized carbons (Fsp3) is 0.158. The monoisotopic (exact) mass is 306 g/mol. The molecule has 0 aliphatic heterocycles. The van der Waals surface area contributed by atoms with E-state index in [1.807, 2.05) is 49.4 Å². The molecule has 0 unspecified atom stereocenters. The van der Waals surface area contributed by atoms with Crippen LogP contribution in [0.2, 0.25) is 0 Å². The third kappa shape index (κ3) is 3.16. The molecule has 0 aliphatic carbocycles. The van der Waals surface area contributed by atoms with E-state index in [9.17, 15) is 9.59 Å². The van der Waals surface area contributed by atoms with Gasteiger partial charge in [0.1, 0.15) is 5.56 Å². The second-order valence-corrected chi connectivity index (χ2v) is 5.52. The number of hydrogen-bond donors (Lipinski definition) is 2. The minimum atomic E-state index is -0.342.